The Bertz CT molecular complexity index is 1360. The molecule has 2 aliphatic rings. The number of pyridine rings is 1. The summed E-state index contributed by atoms with van der Waals surface area (Å²) < 4.78 is 14.8. The van der Waals surface area contributed by atoms with Gasteiger partial charge in [0.05, 0.1) is 11.4 Å². The molecule has 3 atom stereocenters. The van der Waals surface area contributed by atoms with E-state index in [2.05, 4.69) is 49.9 Å². The number of fused-ring (bicyclic) bond motifs is 3. The number of hydrogen-bond acceptors (Lipinski definition) is 5. The molecule has 32 heavy (non-hydrogen) atoms. The molecule has 4 heterocycles. The molecule has 162 valence electrons. The van der Waals surface area contributed by atoms with Gasteiger partial charge in [-0.15, -0.1) is 0 Å². The SMILES string of the molecule is CC1(C)O[C@@H]2[C@H](O1)C(CCc1cccc3ccncc13)=C[C@H]2n1ccc2c(Cl)ncnc21. The summed E-state index contributed by atoms with van der Waals surface area (Å²) in [6.07, 6.45) is 11.2. The first-order valence-electron chi connectivity index (χ1n) is 10.8. The zero-order valence-electron chi connectivity index (χ0n) is 17.9. The second-order valence-corrected chi connectivity index (χ2v) is 9.25. The van der Waals surface area contributed by atoms with Gasteiger partial charge in [0.2, 0.25) is 0 Å². The third-order valence-corrected chi connectivity index (χ3v) is 6.76. The van der Waals surface area contributed by atoms with Gasteiger partial charge in [0.1, 0.15) is 29.3 Å². The molecule has 0 saturated carbocycles. The van der Waals surface area contributed by atoms with Crippen LogP contribution in [0.5, 0.6) is 0 Å². The van der Waals surface area contributed by atoms with Crippen molar-refractivity contribution >= 4 is 33.4 Å². The number of aryl methyl sites for hydroxylation is 1. The molecule has 1 aromatic carbocycles. The first kappa shape index (κ1) is 19.9. The fraction of sp³-hybridized carbons (Fsp3) is 0.320. The molecule has 7 heteroatoms. The van der Waals surface area contributed by atoms with Crippen molar-refractivity contribution in [2.45, 2.75) is 50.7 Å². The molecule has 0 amide bonds. The number of aromatic nitrogens is 4. The van der Waals surface area contributed by atoms with Crippen LogP contribution in [-0.2, 0) is 15.9 Å². The summed E-state index contributed by atoms with van der Waals surface area (Å²) in [5.74, 6) is -0.633. The number of rotatable bonds is 4. The minimum absolute atomic E-state index is 0.0191. The van der Waals surface area contributed by atoms with Gasteiger partial charge in [-0.25, -0.2) is 9.97 Å². The second-order valence-electron chi connectivity index (χ2n) is 8.89. The van der Waals surface area contributed by atoms with Crippen LogP contribution in [0.25, 0.3) is 21.8 Å². The predicted octanol–water partition coefficient (Wildman–Crippen LogP) is 5.27. The fourth-order valence-corrected chi connectivity index (χ4v) is 5.24. The Morgan fingerprint density at radius 3 is 2.88 bits per heavy atom. The minimum Gasteiger partial charge on any atom is -0.342 e. The molecule has 0 spiro atoms. The Morgan fingerprint density at radius 2 is 1.97 bits per heavy atom. The molecule has 6 rings (SSSR count). The highest BCUT2D eigenvalue weighted by atomic mass is 35.5. The predicted molar refractivity (Wildman–Crippen MR) is 124 cm³/mol. The van der Waals surface area contributed by atoms with E-state index in [1.807, 2.05) is 38.5 Å². The van der Waals surface area contributed by atoms with Gasteiger partial charge in [-0.2, -0.15) is 0 Å². The second kappa shape index (κ2) is 7.37. The smallest absolute Gasteiger partial charge is 0.164 e. The maximum atomic E-state index is 6.36. The molecular weight excluding hydrogens is 424 g/mol. The third kappa shape index (κ3) is 3.22. The number of hydrogen-bond donors (Lipinski definition) is 0. The summed E-state index contributed by atoms with van der Waals surface area (Å²) in [5, 5.41) is 3.72. The van der Waals surface area contributed by atoms with E-state index in [0.717, 1.165) is 23.9 Å². The molecule has 1 fully saturated rings. The average molecular weight is 447 g/mol. The van der Waals surface area contributed by atoms with Crippen LogP contribution in [0.3, 0.4) is 0 Å². The third-order valence-electron chi connectivity index (χ3n) is 6.45. The largest absolute Gasteiger partial charge is 0.342 e. The molecule has 0 bridgehead atoms. The summed E-state index contributed by atoms with van der Waals surface area (Å²) in [7, 11) is 0. The average Bonchev–Trinajstić information content (AvgIpc) is 3.44. The molecule has 3 aromatic heterocycles. The lowest BCUT2D eigenvalue weighted by molar-refractivity contribution is -0.147. The topological polar surface area (TPSA) is 62.1 Å². The molecular formula is C25H23ClN4O2. The number of ether oxygens (including phenoxy) is 2. The van der Waals surface area contributed by atoms with Gasteiger partial charge < -0.3 is 14.0 Å². The van der Waals surface area contributed by atoms with Gasteiger partial charge >= 0.3 is 0 Å². The van der Waals surface area contributed by atoms with Crippen molar-refractivity contribution < 1.29 is 9.47 Å². The molecule has 1 saturated heterocycles. The van der Waals surface area contributed by atoms with Crippen molar-refractivity contribution in [1.82, 2.24) is 19.5 Å². The van der Waals surface area contributed by atoms with Crippen molar-refractivity contribution in [2.24, 2.45) is 0 Å². The van der Waals surface area contributed by atoms with Crippen LogP contribution in [-0.4, -0.2) is 37.5 Å². The highest BCUT2D eigenvalue weighted by molar-refractivity contribution is 6.33. The maximum absolute atomic E-state index is 6.36. The first-order chi connectivity index (χ1) is 15.5. The standard InChI is InChI=1S/C25H23ClN4O2/c1-25(2)31-21-17(7-6-15-4-3-5-16-8-10-27-13-19(15)16)12-20(22(21)32-25)30-11-9-18-23(26)28-14-29-24(18)30/h3-5,8-14,20-22H,6-7H2,1-2H3/t20-,21-,22+/m1/s1. The number of halogens is 1. The van der Waals surface area contributed by atoms with Gasteiger partial charge in [-0.3, -0.25) is 4.98 Å². The van der Waals surface area contributed by atoms with E-state index in [9.17, 15) is 0 Å². The highest BCUT2D eigenvalue weighted by Crippen LogP contribution is 2.45. The molecule has 1 aliphatic carbocycles. The van der Waals surface area contributed by atoms with Crippen molar-refractivity contribution in [3.05, 3.63) is 77.6 Å². The maximum Gasteiger partial charge on any atom is 0.164 e. The summed E-state index contributed by atoms with van der Waals surface area (Å²) in [5.41, 5.74) is 3.36. The van der Waals surface area contributed by atoms with Crippen LogP contribution >= 0.6 is 11.6 Å². The van der Waals surface area contributed by atoms with Crippen molar-refractivity contribution in [3.63, 3.8) is 0 Å². The van der Waals surface area contributed by atoms with Gasteiger partial charge in [-0.1, -0.05) is 35.9 Å². The number of benzene rings is 1. The Labute approximate surface area is 190 Å². The zero-order valence-corrected chi connectivity index (χ0v) is 18.7. The van der Waals surface area contributed by atoms with E-state index in [1.54, 1.807) is 0 Å². The lowest BCUT2D eigenvalue weighted by Crippen LogP contribution is -2.27. The molecule has 0 N–H and O–H groups in total. The minimum atomic E-state index is -0.633. The van der Waals surface area contributed by atoms with Crippen LogP contribution in [0.1, 0.15) is 31.9 Å². The highest BCUT2D eigenvalue weighted by Gasteiger charge is 2.50. The molecule has 0 radical (unpaired) electrons. The van der Waals surface area contributed by atoms with Crippen molar-refractivity contribution in [2.75, 3.05) is 0 Å². The van der Waals surface area contributed by atoms with E-state index in [0.29, 0.717) is 5.15 Å². The van der Waals surface area contributed by atoms with Crippen LogP contribution in [0.2, 0.25) is 5.15 Å². The van der Waals surface area contributed by atoms with Gasteiger partial charge in [0.25, 0.3) is 0 Å². The Hall–Kier alpha value is -2.80. The lowest BCUT2D eigenvalue weighted by Gasteiger charge is -2.22. The Balaban J connectivity index is 1.35. The fourth-order valence-electron chi connectivity index (χ4n) is 5.05. The Morgan fingerprint density at radius 1 is 1.06 bits per heavy atom. The monoisotopic (exact) mass is 446 g/mol. The van der Waals surface area contributed by atoms with Crippen LogP contribution < -0.4 is 0 Å². The Kier molecular flexibility index (Phi) is 4.57. The lowest BCUT2D eigenvalue weighted by atomic mass is 9.98. The van der Waals surface area contributed by atoms with Crippen molar-refractivity contribution in [1.29, 1.82) is 0 Å². The van der Waals surface area contributed by atoms with Crippen LogP contribution in [0, 0.1) is 0 Å². The molecule has 0 unspecified atom stereocenters. The van der Waals surface area contributed by atoms with E-state index >= 15 is 0 Å². The van der Waals surface area contributed by atoms with E-state index in [4.69, 9.17) is 21.1 Å². The van der Waals surface area contributed by atoms with Gasteiger partial charge in [-0.05, 0) is 55.3 Å². The molecule has 6 nitrogen and oxygen atoms in total. The normalized spacial score (nSPS) is 24.2. The van der Waals surface area contributed by atoms with Gasteiger partial charge in [0, 0.05) is 24.0 Å². The van der Waals surface area contributed by atoms with E-state index < -0.39 is 5.79 Å². The van der Waals surface area contributed by atoms with E-state index in [1.165, 1.54) is 28.2 Å². The summed E-state index contributed by atoms with van der Waals surface area (Å²) in [6.45, 7) is 3.95. The molecule has 4 aromatic rings. The molecule has 1 aliphatic heterocycles. The quantitative estimate of drug-likeness (QED) is 0.316. The van der Waals surface area contributed by atoms with Gasteiger partial charge in [0.15, 0.2) is 5.79 Å². The number of nitrogens with zero attached hydrogens (tertiary/aromatic N) is 4. The van der Waals surface area contributed by atoms with E-state index in [-0.39, 0.29) is 18.2 Å². The summed E-state index contributed by atoms with van der Waals surface area (Å²) in [4.78, 5) is 12.9. The van der Waals surface area contributed by atoms with Crippen LogP contribution in [0.4, 0.5) is 0 Å². The van der Waals surface area contributed by atoms with Crippen molar-refractivity contribution in [3.8, 4) is 0 Å². The summed E-state index contributed by atoms with van der Waals surface area (Å²) >= 11 is 6.29. The summed E-state index contributed by atoms with van der Waals surface area (Å²) in [6, 6.07) is 10.4. The van der Waals surface area contributed by atoms with Crippen LogP contribution in [0.15, 0.2) is 66.9 Å². The zero-order chi connectivity index (χ0) is 21.9. The first-order valence-corrected chi connectivity index (χ1v) is 11.2.